The van der Waals surface area contributed by atoms with Crippen molar-refractivity contribution in [1.82, 2.24) is 15.5 Å². The number of ether oxygens (including phenoxy) is 2. The Labute approximate surface area is 157 Å². The molecule has 0 aliphatic rings. The summed E-state index contributed by atoms with van der Waals surface area (Å²) < 4.78 is 16.1. The molecule has 7 nitrogen and oxygen atoms in total. The minimum Gasteiger partial charge on any atom is -0.493 e. The van der Waals surface area contributed by atoms with E-state index in [0.29, 0.717) is 23.3 Å². The highest BCUT2D eigenvalue weighted by Crippen LogP contribution is 2.28. The molecule has 0 bridgehead atoms. The summed E-state index contributed by atoms with van der Waals surface area (Å²) in [6.45, 7) is 1.71. The van der Waals surface area contributed by atoms with Gasteiger partial charge in [-0.1, -0.05) is 36.4 Å². The summed E-state index contributed by atoms with van der Waals surface area (Å²) >= 11 is 0. The predicted octanol–water partition coefficient (Wildman–Crippen LogP) is 2.84. The number of hydrogen-bond acceptors (Lipinski definition) is 6. The third-order valence-corrected chi connectivity index (χ3v) is 4.04. The SMILES string of the molecule is COc1ccc(CC(=O)NC(c2ccccc2)c2nnc(C)o2)cc1OC. The maximum atomic E-state index is 12.7. The molecule has 27 heavy (non-hydrogen) atoms. The zero-order valence-corrected chi connectivity index (χ0v) is 15.4. The summed E-state index contributed by atoms with van der Waals surface area (Å²) in [7, 11) is 3.13. The van der Waals surface area contributed by atoms with Crippen molar-refractivity contribution >= 4 is 5.91 Å². The van der Waals surface area contributed by atoms with E-state index in [1.807, 2.05) is 36.4 Å². The lowest BCUT2D eigenvalue weighted by atomic mass is 10.1. The van der Waals surface area contributed by atoms with Crippen LogP contribution < -0.4 is 14.8 Å². The molecule has 0 saturated heterocycles. The van der Waals surface area contributed by atoms with E-state index in [1.165, 1.54) is 0 Å². The van der Waals surface area contributed by atoms with E-state index in [2.05, 4.69) is 15.5 Å². The maximum absolute atomic E-state index is 12.7. The first kappa shape index (κ1) is 18.4. The number of hydrogen-bond donors (Lipinski definition) is 1. The molecule has 7 heteroatoms. The molecule has 0 saturated carbocycles. The van der Waals surface area contributed by atoms with Crippen molar-refractivity contribution in [2.75, 3.05) is 14.2 Å². The van der Waals surface area contributed by atoms with Crippen molar-refractivity contribution in [2.45, 2.75) is 19.4 Å². The molecule has 1 N–H and O–H groups in total. The summed E-state index contributed by atoms with van der Waals surface area (Å²) in [5, 5.41) is 10.9. The number of carbonyl (C=O) groups is 1. The molecule has 0 aliphatic carbocycles. The van der Waals surface area contributed by atoms with Crippen LogP contribution in [0.4, 0.5) is 0 Å². The molecule has 0 spiro atoms. The third-order valence-electron chi connectivity index (χ3n) is 4.04. The van der Waals surface area contributed by atoms with Crippen LogP contribution in [0, 0.1) is 6.92 Å². The minimum atomic E-state index is -0.514. The second-order valence-electron chi connectivity index (χ2n) is 5.94. The Bertz CT molecular complexity index is 909. The van der Waals surface area contributed by atoms with Gasteiger partial charge in [-0.25, -0.2) is 0 Å². The van der Waals surface area contributed by atoms with Crippen molar-refractivity contribution in [3.8, 4) is 11.5 Å². The Hall–Kier alpha value is -3.35. The highest BCUT2D eigenvalue weighted by molar-refractivity contribution is 5.79. The zero-order chi connectivity index (χ0) is 19.2. The van der Waals surface area contributed by atoms with E-state index in [1.54, 1.807) is 33.3 Å². The number of nitrogens with zero attached hydrogens (tertiary/aromatic N) is 2. The molecule has 3 rings (SSSR count). The van der Waals surface area contributed by atoms with E-state index in [0.717, 1.165) is 11.1 Å². The number of nitrogens with one attached hydrogen (secondary N) is 1. The first-order chi connectivity index (χ1) is 13.1. The van der Waals surface area contributed by atoms with E-state index in [9.17, 15) is 4.79 Å². The van der Waals surface area contributed by atoms with Crippen LogP contribution in [0.25, 0.3) is 0 Å². The molecule has 1 heterocycles. The highest BCUT2D eigenvalue weighted by atomic mass is 16.5. The number of aryl methyl sites for hydroxylation is 1. The fourth-order valence-electron chi connectivity index (χ4n) is 2.75. The van der Waals surface area contributed by atoms with Gasteiger partial charge in [0, 0.05) is 6.92 Å². The zero-order valence-electron chi connectivity index (χ0n) is 15.4. The van der Waals surface area contributed by atoms with Gasteiger partial charge in [-0.3, -0.25) is 4.79 Å². The van der Waals surface area contributed by atoms with E-state index in [-0.39, 0.29) is 12.3 Å². The van der Waals surface area contributed by atoms with Crippen molar-refractivity contribution in [1.29, 1.82) is 0 Å². The van der Waals surface area contributed by atoms with Gasteiger partial charge in [-0.2, -0.15) is 0 Å². The van der Waals surface area contributed by atoms with Gasteiger partial charge in [0.05, 0.1) is 20.6 Å². The fourth-order valence-corrected chi connectivity index (χ4v) is 2.75. The monoisotopic (exact) mass is 367 g/mol. The summed E-state index contributed by atoms with van der Waals surface area (Å²) in [4.78, 5) is 12.7. The van der Waals surface area contributed by atoms with Crippen molar-refractivity contribution in [2.24, 2.45) is 0 Å². The number of rotatable bonds is 7. The lowest BCUT2D eigenvalue weighted by Crippen LogP contribution is -2.30. The average molecular weight is 367 g/mol. The number of carbonyl (C=O) groups excluding carboxylic acids is 1. The molecule has 2 aromatic carbocycles. The number of amides is 1. The Morgan fingerprint density at radius 1 is 1.07 bits per heavy atom. The molecule has 0 radical (unpaired) electrons. The molecular weight excluding hydrogens is 346 g/mol. The smallest absolute Gasteiger partial charge is 0.243 e. The molecule has 0 aliphatic heterocycles. The van der Waals surface area contributed by atoms with Gasteiger partial charge in [-0.05, 0) is 23.3 Å². The lowest BCUT2D eigenvalue weighted by Gasteiger charge is -2.16. The van der Waals surface area contributed by atoms with Crippen LogP contribution in [0.2, 0.25) is 0 Å². The lowest BCUT2D eigenvalue weighted by molar-refractivity contribution is -0.121. The molecule has 3 aromatic rings. The van der Waals surface area contributed by atoms with Crippen LogP contribution >= 0.6 is 0 Å². The topological polar surface area (TPSA) is 86.5 Å². The summed E-state index contributed by atoms with van der Waals surface area (Å²) in [5.41, 5.74) is 1.67. The van der Waals surface area contributed by atoms with Gasteiger partial charge in [0.15, 0.2) is 11.5 Å². The van der Waals surface area contributed by atoms with E-state index < -0.39 is 6.04 Å². The summed E-state index contributed by atoms with van der Waals surface area (Å²) in [6.07, 6.45) is 0.177. The summed E-state index contributed by atoms with van der Waals surface area (Å²) in [6, 6.07) is 14.4. The molecular formula is C20H21N3O4. The largest absolute Gasteiger partial charge is 0.493 e. The second kappa shape index (κ2) is 8.35. The number of methoxy groups -OCH3 is 2. The standard InChI is InChI=1S/C20H21N3O4/c1-13-22-23-20(27-13)19(15-7-5-4-6-8-15)21-18(24)12-14-9-10-16(25-2)17(11-14)26-3/h4-11,19H,12H2,1-3H3,(H,21,24). The van der Waals surface area contributed by atoms with Crippen LogP contribution in [0.5, 0.6) is 11.5 Å². The van der Waals surface area contributed by atoms with E-state index in [4.69, 9.17) is 13.9 Å². The van der Waals surface area contributed by atoms with E-state index >= 15 is 0 Å². The Morgan fingerprint density at radius 2 is 1.81 bits per heavy atom. The van der Waals surface area contributed by atoms with Crippen LogP contribution in [-0.2, 0) is 11.2 Å². The molecule has 140 valence electrons. The van der Waals surface area contributed by atoms with Crippen molar-refractivity contribution in [3.05, 3.63) is 71.4 Å². The van der Waals surface area contributed by atoms with Crippen molar-refractivity contribution in [3.63, 3.8) is 0 Å². The Kier molecular flexibility index (Phi) is 5.71. The van der Waals surface area contributed by atoms with Gasteiger partial charge in [0.25, 0.3) is 0 Å². The van der Waals surface area contributed by atoms with Crippen LogP contribution in [0.1, 0.15) is 29.0 Å². The molecule has 1 unspecified atom stereocenters. The van der Waals surface area contributed by atoms with Crippen LogP contribution in [0.3, 0.4) is 0 Å². The number of benzene rings is 2. The average Bonchev–Trinajstić information content (AvgIpc) is 3.12. The molecule has 1 aromatic heterocycles. The molecule has 1 amide bonds. The van der Waals surface area contributed by atoms with Gasteiger partial charge in [-0.15, -0.1) is 10.2 Å². The third kappa shape index (κ3) is 4.44. The highest BCUT2D eigenvalue weighted by Gasteiger charge is 2.22. The van der Waals surface area contributed by atoms with Gasteiger partial charge < -0.3 is 19.2 Å². The van der Waals surface area contributed by atoms with Gasteiger partial charge >= 0.3 is 0 Å². The van der Waals surface area contributed by atoms with Crippen LogP contribution in [0.15, 0.2) is 52.9 Å². The van der Waals surface area contributed by atoms with Gasteiger partial charge in [0.2, 0.25) is 17.7 Å². The Balaban J connectivity index is 1.79. The maximum Gasteiger partial charge on any atom is 0.243 e. The first-order valence-electron chi connectivity index (χ1n) is 8.46. The molecule has 1 atom stereocenters. The predicted molar refractivity (Wildman–Crippen MR) is 98.7 cm³/mol. The summed E-state index contributed by atoms with van der Waals surface area (Å²) in [5.74, 6) is 1.81. The van der Waals surface area contributed by atoms with Gasteiger partial charge in [0.1, 0.15) is 6.04 Å². The quantitative estimate of drug-likeness (QED) is 0.691. The van der Waals surface area contributed by atoms with Crippen molar-refractivity contribution < 1.29 is 18.7 Å². The second-order valence-corrected chi connectivity index (χ2v) is 5.94. The normalized spacial score (nSPS) is 11.7. The van der Waals surface area contributed by atoms with Crippen LogP contribution in [-0.4, -0.2) is 30.3 Å². The minimum absolute atomic E-state index is 0.174. The molecule has 0 fully saturated rings. The fraction of sp³-hybridized carbons (Fsp3) is 0.250. The Morgan fingerprint density at radius 3 is 2.44 bits per heavy atom. The first-order valence-corrected chi connectivity index (χ1v) is 8.46. The number of aromatic nitrogens is 2.